The molecule has 1 aliphatic rings. The van der Waals surface area contributed by atoms with E-state index in [-0.39, 0.29) is 0 Å². The number of likely N-dealkylation sites (tertiary alicyclic amines) is 1. The van der Waals surface area contributed by atoms with Crippen LogP contribution in [0.15, 0.2) is 6.20 Å². The summed E-state index contributed by atoms with van der Waals surface area (Å²) in [5.74, 6) is -0.362. The molecular weight excluding hydrogens is 218 g/mol. The fourth-order valence-electron chi connectivity index (χ4n) is 2.44. The van der Waals surface area contributed by atoms with Crippen molar-refractivity contribution in [1.82, 2.24) is 14.7 Å². The number of carboxylic acid groups (broad SMARTS) is 1. The Morgan fingerprint density at radius 3 is 2.88 bits per heavy atom. The number of rotatable bonds is 5. The third-order valence-electron chi connectivity index (χ3n) is 3.22. The molecule has 5 nitrogen and oxygen atoms in total. The highest BCUT2D eigenvalue weighted by atomic mass is 16.4. The molecular formula is C12H19N3O2. The quantitative estimate of drug-likeness (QED) is 0.826. The van der Waals surface area contributed by atoms with Gasteiger partial charge in [-0.3, -0.25) is 14.4 Å². The van der Waals surface area contributed by atoms with E-state index < -0.39 is 5.97 Å². The predicted molar refractivity (Wildman–Crippen MR) is 63.6 cm³/mol. The van der Waals surface area contributed by atoms with E-state index in [1.165, 1.54) is 5.56 Å². The van der Waals surface area contributed by atoms with Gasteiger partial charge in [0.25, 0.3) is 0 Å². The van der Waals surface area contributed by atoms with Crippen LogP contribution in [0.3, 0.4) is 0 Å². The smallest absolute Gasteiger partial charge is 0.303 e. The van der Waals surface area contributed by atoms with Crippen LogP contribution >= 0.6 is 0 Å². The summed E-state index contributed by atoms with van der Waals surface area (Å²) in [6, 6.07) is 0. The molecule has 94 valence electrons. The van der Waals surface area contributed by atoms with Crippen LogP contribution in [-0.2, 0) is 24.8 Å². The lowest BCUT2D eigenvalue weighted by Gasteiger charge is -2.38. The predicted octanol–water partition coefficient (Wildman–Crippen LogP) is 0.889. The standard InChI is InChI=1S/C12H19N3O2/c1-3-11-10(7-14(2)13-11)8-15-5-9(6-15)4-12(16)17/h7,9H,3-6,8H2,1-2H3,(H,16,17). The molecule has 0 amide bonds. The number of hydrogen-bond acceptors (Lipinski definition) is 3. The SMILES string of the molecule is CCc1nn(C)cc1CN1CC(CC(=O)O)C1. The van der Waals surface area contributed by atoms with Crippen molar-refractivity contribution < 1.29 is 9.90 Å². The Labute approximate surface area is 101 Å². The Balaban J connectivity index is 1.85. The molecule has 17 heavy (non-hydrogen) atoms. The molecule has 0 bridgehead atoms. The maximum absolute atomic E-state index is 10.5. The van der Waals surface area contributed by atoms with Crippen molar-refractivity contribution in [3.8, 4) is 0 Å². The van der Waals surface area contributed by atoms with Crippen LogP contribution in [0, 0.1) is 5.92 Å². The lowest BCUT2D eigenvalue weighted by molar-refractivity contribution is -0.139. The van der Waals surface area contributed by atoms with E-state index >= 15 is 0 Å². The average Bonchev–Trinajstić information content (AvgIpc) is 2.55. The zero-order valence-electron chi connectivity index (χ0n) is 10.4. The zero-order chi connectivity index (χ0) is 12.4. The first-order valence-electron chi connectivity index (χ1n) is 6.04. The van der Waals surface area contributed by atoms with Gasteiger partial charge in [0.15, 0.2) is 0 Å². The molecule has 0 aliphatic carbocycles. The highest BCUT2D eigenvalue weighted by Gasteiger charge is 2.29. The third-order valence-corrected chi connectivity index (χ3v) is 3.22. The van der Waals surface area contributed by atoms with Crippen LogP contribution in [0.4, 0.5) is 0 Å². The summed E-state index contributed by atoms with van der Waals surface area (Å²) < 4.78 is 1.85. The van der Waals surface area contributed by atoms with E-state index in [1.54, 1.807) is 0 Å². The molecule has 0 spiro atoms. The number of carboxylic acids is 1. The molecule has 0 aromatic carbocycles. The lowest BCUT2D eigenvalue weighted by atomic mass is 9.96. The van der Waals surface area contributed by atoms with E-state index in [0.29, 0.717) is 12.3 Å². The molecule has 0 atom stereocenters. The normalized spacial score (nSPS) is 17.1. The van der Waals surface area contributed by atoms with Crippen LogP contribution in [-0.4, -0.2) is 38.8 Å². The van der Waals surface area contributed by atoms with Crippen molar-refractivity contribution in [2.24, 2.45) is 13.0 Å². The Morgan fingerprint density at radius 1 is 1.59 bits per heavy atom. The van der Waals surface area contributed by atoms with Crippen LogP contribution < -0.4 is 0 Å². The van der Waals surface area contributed by atoms with E-state index in [2.05, 4.69) is 23.1 Å². The van der Waals surface area contributed by atoms with Gasteiger partial charge in [0.1, 0.15) is 0 Å². The molecule has 1 aromatic rings. The van der Waals surface area contributed by atoms with Crippen molar-refractivity contribution in [2.75, 3.05) is 13.1 Å². The van der Waals surface area contributed by atoms with Crippen molar-refractivity contribution >= 4 is 5.97 Å². The summed E-state index contributed by atoms with van der Waals surface area (Å²) in [5.41, 5.74) is 2.41. The molecule has 2 heterocycles. The molecule has 0 unspecified atom stereocenters. The van der Waals surface area contributed by atoms with Crippen LogP contribution in [0.2, 0.25) is 0 Å². The number of aryl methyl sites for hydroxylation is 2. The van der Waals surface area contributed by atoms with Crippen molar-refractivity contribution in [2.45, 2.75) is 26.3 Å². The van der Waals surface area contributed by atoms with Gasteiger partial charge >= 0.3 is 5.97 Å². The van der Waals surface area contributed by atoms with Gasteiger partial charge in [-0.15, -0.1) is 0 Å². The van der Waals surface area contributed by atoms with Crippen molar-refractivity contribution in [3.63, 3.8) is 0 Å². The summed E-state index contributed by atoms with van der Waals surface area (Å²) in [7, 11) is 1.94. The number of nitrogens with zero attached hydrogens (tertiary/aromatic N) is 3. The molecule has 2 rings (SSSR count). The third kappa shape index (κ3) is 2.85. The Hall–Kier alpha value is -1.36. The second kappa shape index (κ2) is 4.87. The first-order chi connectivity index (χ1) is 8.08. The van der Waals surface area contributed by atoms with Gasteiger partial charge in [0.05, 0.1) is 12.1 Å². The van der Waals surface area contributed by atoms with Crippen LogP contribution in [0.25, 0.3) is 0 Å². The van der Waals surface area contributed by atoms with Crippen LogP contribution in [0.1, 0.15) is 24.6 Å². The second-order valence-corrected chi connectivity index (χ2v) is 4.79. The van der Waals surface area contributed by atoms with Crippen molar-refractivity contribution in [1.29, 1.82) is 0 Å². The summed E-state index contributed by atoms with van der Waals surface area (Å²) in [6.45, 7) is 4.79. The topological polar surface area (TPSA) is 58.4 Å². The second-order valence-electron chi connectivity index (χ2n) is 4.79. The summed E-state index contributed by atoms with van der Waals surface area (Å²) in [4.78, 5) is 12.8. The van der Waals surface area contributed by atoms with Gasteiger partial charge in [0.2, 0.25) is 0 Å². The van der Waals surface area contributed by atoms with Crippen LogP contribution in [0.5, 0.6) is 0 Å². The highest BCUT2D eigenvalue weighted by molar-refractivity contribution is 5.67. The summed E-state index contributed by atoms with van der Waals surface area (Å²) in [6.07, 6.45) is 3.30. The molecule has 1 saturated heterocycles. The van der Waals surface area contributed by atoms with Gasteiger partial charge in [0, 0.05) is 38.4 Å². The van der Waals surface area contributed by atoms with E-state index in [4.69, 9.17) is 5.11 Å². The first kappa shape index (κ1) is 12.1. The zero-order valence-corrected chi connectivity index (χ0v) is 10.4. The molecule has 0 saturated carbocycles. The minimum atomic E-state index is -0.690. The van der Waals surface area contributed by atoms with Crippen molar-refractivity contribution in [3.05, 3.63) is 17.5 Å². The molecule has 1 fully saturated rings. The van der Waals surface area contributed by atoms with Gasteiger partial charge in [-0.2, -0.15) is 5.10 Å². The molecule has 5 heteroatoms. The highest BCUT2D eigenvalue weighted by Crippen LogP contribution is 2.22. The molecule has 1 aliphatic heterocycles. The fraction of sp³-hybridized carbons (Fsp3) is 0.667. The van der Waals surface area contributed by atoms with E-state index in [0.717, 1.165) is 31.7 Å². The largest absolute Gasteiger partial charge is 0.481 e. The number of aromatic nitrogens is 2. The minimum absolute atomic E-state index is 0.296. The molecule has 1 aromatic heterocycles. The monoisotopic (exact) mass is 237 g/mol. The first-order valence-corrected chi connectivity index (χ1v) is 6.04. The lowest BCUT2D eigenvalue weighted by Crippen LogP contribution is -2.46. The summed E-state index contributed by atoms with van der Waals surface area (Å²) in [5, 5.41) is 13.1. The Kier molecular flexibility index (Phi) is 3.47. The van der Waals surface area contributed by atoms with Gasteiger partial charge in [-0.1, -0.05) is 6.92 Å². The number of hydrogen-bond donors (Lipinski definition) is 1. The number of aliphatic carboxylic acids is 1. The average molecular weight is 237 g/mol. The Morgan fingerprint density at radius 2 is 2.29 bits per heavy atom. The maximum Gasteiger partial charge on any atom is 0.303 e. The number of carbonyl (C=O) groups is 1. The molecule has 0 radical (unpaired) electrons. The van der Waals surface area contributed by atoms with Gasteiger partial charge in [-0.25, -0.2) is 0 Å². The minimum Gasteiger partial charge on any atom is -0.481 e. The fourth-order valence-corrected chi connectivity index (χ4v) is 2.44. The van der Waals surface area contributed by atoms with Gasteiger partial charge in [-0.05, 0) is 12.3 Å². The van der Waals surface area contributed by atoms with E-state index in [1.807, 2.05) is 11.7 Å². The molecule has 1 N–H and O–H groups in total. The summed E-state index contributed by atoms with van der Waals surface area (Å²) >= 11 is 0. The maximum atomic E-state index is 10.5. The van der Waals surface area contributed by atoms with Gasteiger partial charge < -0.3 is 5.11 Å². The van der Waals surface area contributed by atoms with E-state index in [9.17, 15) is 4.79 Å². The Bertz CT molecular complexity index is 408.